The smallest absolute Gasteiger partial charge is 0.266 e. The van der Waals surface area contributed by atoms with Crippen LogP contribution in [0.1, 0.15) is 11.3 Å². The van der Waals surface area contributed by atoms with Crippen LogP contribution < -0.4 is 4.74 Å². The van der Waals surface area contributed by atoms with Crippen LogP contribution in [0.25, 0.3) is 6.08 Å². The average molecular weight is 342 g/mol. The summed E-state index contributed by atoms with van der Waals surface area (Å²) in [6, 6.07) is 13.2. The third kappa shape index (κ3) is 3.60. The molecule has 23 heavy (non-hydrogen) atoms. The number of benzene rings is 1. The molecule has 0 bridgehead atoms. The van der Waals surface area contributed by atoms with Gasteiger partial charge in [-0.1, -0.05) is 42.2 Å². The first-order valence-electron chi connectivity index (χ1n) is 6.97. The third-order valence-electron chi connectivity index (χ3n) is 3.34. The molecule has 0 spiro atoms. The Kier molecular flexibility index (Phi) is 4.73. The molecule has 1 amide bonds. The summed E-state index contributed by atoms with van der Waals surface area (Å²) in [6.07, 6.45) is 3.47. The van der Waals surface area contributed by atoms with Crippen molar-refractivity contribution < 1.29 is 9.53 Å². The Morgan fingerprint density at radius 3 is 2.70 bits per heavy atom. The van der Waals surface area contributed by atoms with E-state index in [0.717, 1.165) is 17.0 Å². The maximum atomic E-state index is 12.5. The van der Waals surface area contributed by atoms with Gasteiger partial charge in [0.2, 0.25) is 0 Å². The van der Waals surface area contributed by atoms with Crippen LogP contribution in [0.4, 0.5) is 0 Å². The summed E-state index contributed by atoms with van der Waals surface area (Å²) in [5, 5.41) is 0. The Balaban J connectivity index is 1.77. The molecule has 2 heterocycles. The van der Waals surface area contributed by atoms with Gasteiger partial charge >= 0.3 is 0 Å². The van der Waals surface area contributed by atoms with Gasteiger partial charge in [0, 0.05) is 6.20 Å². The first-order valence-corrected chi connectivity index (χ1v) is 8.19. The lowest BCUT2D eigenvalue weighted by atomic mass is 10.2. The predicted molar refractivity (Wildman–Crippen MR) is 95.9 cm³/mol. The largest absolute Gasteiger partial charge is 0.497 e. The number of thiocarbonyl (C=S) groups is 1. The highest BCUT2D eigenvalue weighted by atomic mass is 32.2. The van der Waals surface area contributed by atoms with Gasteiger partial charge < -0.3 is 4.74 Å². The van der Waals surface area contributed by atoms with E-state index in [2.05, 4.69) is 4.98 Å². The van der Waals surface area contributed by atoms with E-state index in [9.17, 15) is 4.79 Å². The quantitative estimate of drug-likeness (QED) is 0.628. The molecule has 1 aliphatic heterocycles. The Hall–Kier alpha value is -2.18. The Bertz CT molecular complexity index is 758. The van der Waals surface area contributed by atoms with Gasteiger partial charge in [0.1, 0.15) is 10.1 Å². The van der Waals surface area contributed by atoms with E-state index >= 15 is 0 Å². The minimum absolute atomic E-state index is 0.0820. The number of aromatic nitrogens is 1. The van der Waals surface area contributed by atoms with E-state index in [-0.39, 0.29) is 5.91 Å². The van der Waals surface area contributed by atoms with Crippen molar-refractivity contribution in [3.63, 3.8) is 0 Å². The monoisotopic (exact) mass is 342 g/mol. The lowest BCUT2D eigenvalue weighted by Crippen LogP contribution is -2.27. The number of thioether (sulfide) groups is 1. The zero-order valence-corrected chi connectivity index (χ0v) is 14.1. The summed E-state index contributed by atoms with van der Waals surface area (Å²) >= 11 is 6.65. The number of pyridine rings is 1. The molecule has 1 saturated heterocycles. The Labute approximate surface area is 144 Å². The summed E-state index contributed by atoms with van der Waals surface area (Å²) in [5.41, 5.74) is 1.75. The molecule has 0 aliphatic carbocycles. The second-order valence-corrected chi connectivity index (χ2v) is 6.55. The molecule has 1 aromatic heterocycles. The second kappa shape index (κ2) is 6.93. The molecule has 0 atom stereocenters. The van der Waals surface area contributed by atoms with Gasteiger partial charge in [-0.05, 0) is 35.9 Å². The average Bonchev–Trinajstić information content (AvgIpc) is 2.84. The molecular weight excluding hydrogens is 328 g/mol. The zero-order valence-electron chi connectivity index (χ0n) is 12.4. The number of rotatable bonds is 4. The van der Waals surface area contributed by atoms with Crippen molar-refractivity contribution in [3.05, 3.63) is 64.8 Å². The SMILES string of the molecule is COc1ccc(CN2C(=O)/C(=C/c3ccccn3)SC2=S)cc1. The van der Waals surface area contributed by atoms with E-state index in [1.165, 1.54) is 11.8 Å². The number of hydrogen-bond acceptors (Lipinski definition) is 5. The number of carbonyl (C=O) groups excluding carboxylic acids is 1. The van der Waals surface area contributed by atoms with Crippen LogP contribution in [0.15, 0.2) is 53.6 Å². The topological polar surface area (TPSA) is 42.4 Å². The molecule has 1 fully saturated rings. The van der Waals surface area contributed by atoms with Crippen molar-refractivity contribution in [1.82, 2.24) is 9.88 Å². The third-order valence-corrected chi connectivity index (χ3v) is 4.72. The van der Waals surface area contributed by atoms with E-state index in [0.29, 0.717) is 15.8 Å². The molecule has 116 valence electrons. The normalized spacial score (nSPS) is 16.2. The summed E-state index contributed by atoms with van der Waals surface area (Å²) in [6.45, 7) is 0.453. The fraction of sp³-hybridized carbons (Fsp3) is 0.118. The lowest BCUT2D eigenvalue weighted by molar-refractivity contribution is -0.122. The van der Waals surface area contributed by atoms with Gasteiger partial charge in [0.25, 0.3) is 5.91 Å². The molecule has 1 aromatic carbocycles. The van der Waals surface area contributed by atoms with Crippen molar-refractivity contribution in [3.8, 4) is 5.75 Å². The summed E-state index contributed by atoms with van der Waals surface area (Å²) in [5.74, 6) is 0.704. The minimum Gasteiger partial charge on any atom is -0.497 e. The van der Waals surface area contributed by atoms with Crippen LogP contribution in [0.3, 0.4) is 0 Å². The molecule has 0 N–H and O–H groups in total. The van der Waals surface area contributed by atoms with Gasteiger partial charge in [0.05, 0.1) is 24.3 Å². The molecule has 0 saturated carbocycles. The Morgan fingerprint density at radius 1 is 1.26 bits per heavy atom. The number of carbonyl (C=O) groups is 1. The molecular formula is C17H14N2O2S2. The summed E-state index contributed by atoms with van der Waals surface area (Å²) in [4.78, 5) is 19.0. The van der Waals surface area contributed by atoms with Gasteiger partial charge in [-0.15, -0.1) is 0 Å². The number of ether oxygens (including phenoxy) is 1. The fourth-order valence-electron chi connectivity index (χ4n) is 2.15. The van der Waals surface area contributed by atoms with Crippen molar-refractivity contribution in [1.29, 1.82) is 0 Å². The van der Waals surface area contributed by atoms with Crippen molar-refractivity contribution in [2.75, 3.05) is 7.11 Å². The van der Waals surface area contributed by atoms with Gasteiger partial charge in [0.15, 0.2) is 0 Å². The van der Waals surface area contributed by atoms with Crippen LogP contribution in [-0.2, 0) is 11.3 Å². The zero-order chi connectivity index (χ0) is 16.2. The van der Waals surface area contributed by atoms with Crippen LogP contribution in [0.2, 0.25) is 0 Å². The molecule has 2 aromatic rings. The first kappa shape index (κ1) is 15.7. The van der Waals surface area contributed by atoms with Crippen molar-refractivity contribution in [2.24, 2.45) is 0 Å². The number of nitrogens with zero attached hydrogens (tertiary/aromatic N) is 2. The Morgan fingerprint density at radius 2 is 2.04 bits per heavy atom. The molecule has 4 nitrogen and oxygen atoms in total. The van der Waals surface area contributed by atoms with Crippen molar-refractivity contribution in [2.45, 2.75) is 6.54 Å². The van der Waals surface area contributed by atoms with E-state index in [1.54, 1.807) is 24.3 Å². The molecule has 6 heteroatoms. The van der Waals surface area contributed by atoms with Gasteiger partial charge in [-0.2, -0.15) is 0 Å². The molecule has 3 rings (SSSR count). The first-order chi connectivity index (χ1) is 11.2. The molecule has 0 radical (unpaired) electrons. The second-order valence-electron chi connectivity index (χ2n) is 4.87. The van der Waals surface area contributed by atoms with Gasteiger partial charge in [-0.3, -0.25) is 14.7 Å². The number of methoxy groups -OCH3 is 1. The van der Waals surface area contributed by atoms with Crippen LogP contribution in [-0.4, -0.2) is 27.2 Å². The maximum absolute atomic E-state index is 12.5. The van der Waals surface area contributed by atoms with Crippen LogP contribution >= 0.6 is 24.0 Å². The molecule has 1 aliphatic rings. The number of hydrogen-bond donors (Lipinski definition) is 0. The lowest BCUT2D eigenvalue weighted by Gasteiger charge is -2.14. The van der Waals surface area contributed by atoms with Crippen molar-refractivity contribution >= 4 is 40.3 Å². The summed E-state index contributed by atoms with van der Waals surface area (Å²) in [7, 11) is 1.62. The number of amides is 1. The molecule has 0 unspecified atom stereocenters. The van der Waals surface area contributed by atoms with Gasteiger partial charge in [-0.25, -0.2) is 0 Å². The summed E-state index contributed by atoms with van der Waals surface area (Å²) < 4.78 is 5.70. The van der Waals surface area contributed by atoms with Crippen LogP contribution in [0.5, 0.6) is 5.75 Å². The van der Waals surface area contributed by atoms with E-state index in [1.807, 2.05) is 42.5 Å². The fourth-order valence-corrected chi connectivity index (χ4v) is 3.39. The standard InChI is InChI=1S/C17H14N2O2S2/c1-21-14-7-5-12(6-8-14)11-19-16(20)15(23-17(19)22)10-13-4-2-3-9-18-13/h2-10H,11H2,1H3/b15-10-. The minimum atomic E-state index is -0.0820. The van der Waals surface area contributed by atoms with E-state index in [4.69, 9.17) is 17.0 Å². The predicted octanol–water partition coefficient (Wildman–Crippen LogP) is 3.49. The highest BCUT2D eigenvalue weighted by molar-refractivity contribution is 8.26. The van der Waals surface area contributed by atoms with E-state index < -0.39 is 0 Å². The maximum Gasteiger partial charge on any atom is 0.266 e. The van der Waals surface area contributed by atoms with Crippen LogP contribution in [0, 0.1) is 0 Å². The highest BCUT2D eigenvalue weighted by Crippen LogP contribution is 2.33. The highest BCUT2D eigenvalue weighted by Gasteiger charge is 2.32.